The molecule has 0 unspecified atom stereocenters. The molecule has 0 spiro atoms. The van der Waals surface area contributed by atoms with Crippen molar-refractivity contribution in [3.05, 3.63) is 47.0 Å². The number of nitrogens with one attached hydrogen (secondary N) is 2. The van der Waals surface area contributed by atoms with Crippen LogP contribution in [0.15, 0.2) is 35.7 Å². The van der Waals surface area contributed by atoms with Gasteiger partial charge in [0.1, 0.15) is 5.69 Å². The van der Waals surface area contributed by atoms with Crippen LogP contribution in [-0.4, -0.2) is 41.0 Å². The van der Waals surface area contributed by atoms with Gasteiger partial charge >= 0.3 is 0 Å². The highest BCUT2D eigenvalue weighted by Crippen LogP contribution is 2.26. The zero-order valence-electron chi connectivity index (χ0n) is 14.3. The fourth-order valence-corrected chi connectivity index (χ4v) is 3.95. The van der Waals surface area contributed by atoms with E-state index in [-0.39, 0.29) is 11.9 Å². The molecule has 1 aliphatic carbocycles. The number of carbonyl (C=O) groups excluding carboxylic acids is 1. The van der Waals surface area contributed by atoms with Gasteiger partial charge in [-0.05, 0) is 31.2 Å². The summed E-state index contributed by atoms with van der Waals surface area (Å²) >= 11 is 1.52. The van der Waals surface area contributed by atoms with Gasteiger partial charge in [0.15, 0.2) is 5.13 Å². The molecule has 0 bridgehead atoms. The minimum Gasteiger partial charge on any atom is -0.359 e. The molecule has 2 aromatic rings. The van der Waals surface area contributed by atoms with Crippen LogP contribution in [-0.2, 0) is 6.54 Å². The van der Waals surface area contributed by atoms with E-state index >= 15 is 0 Å². The SMILES string of the molecule is O=C(NC1CCN(Cc2ccccc2)CC1)c1csc(NC2CC2)n1. The van der Waals surface area contributed by atoms with Crippen LogP contribution in [0, 0.1) is 0 Å². The monoisotopic (exact) mass is 356 g/mol. The van der Waals surface area contributed by atoms with Gasteiger partial charge in [0.05, 0.1) is 0 Å². The number of benzene rings is 1. The van der Waals surface area contributed by atoms with Crippen molar-refractivity contribution in [2.75, 3.05) is 18.4 Å². The maximum Gasteiger partial charge on any atom is 0.271 e. The topological polar surface area (TPSA) is 57.3 Å². The van der Waals surface area contributed by atoms with Crippen LogP contribution in [0.4, 0.5) is 5.13 Å². The summed E-state index contributed by atoms with van der Waals surface area (Å²) < 4.78 is 0. The van der Waals surface area contributed by atoms with E-state index in [2.05, 4.69) is 50.8 Å². The second-order valence-corrected chi connectivity index (χ2v) is 7.82. The molecule has 5 nitrogen and oxygen atoms in total. The smallest absolute Gasteiger partial charge is 0.271 e. The summed E-state index contributed by atoms with van der Waals surface area (Å²) in [4.78, 5) is 19.3. The van der Waals surface area contributed by atoms with Gasteiger partial charge in [-0.15, -0.1) is 11.3 Å². The summed E-state index contributed by atoms with van der Waals surface area (Å²) in [5, 5.41) is 9.21. The van der Waals surface area contributed by atoms with Crippen molar-refractivity contribution in [3.63, 3.8) is 0 Å². The molecule has 2 heterocycles. The first-order valence-corrected chi connectivity index (χ1v) is 9.93. The maximum absolute atomic E-state index is 12.4. The van der Waals surface area contributed by atoms with E-state index < -0.39 is 0 Å². The number of likely N-dealkylation sites (tertiary alicyclic amines) is 1. The summed E-state index contributed by atoms with van der Waals surface area (Å²) in [6.07, 6.45) is 4.41. The van der Waals surface area contributed by atoms with E-state index in [0.717, 1.165) is 37.6 Å². The fourth-order valence-electron chi connectivity index (χ4n) is 3.18. The number of hydrogen-bond acceptors (Lipinski definition) is 5. The van der Waals surface area contributed by atoms with Crippen molar-refractivity contribution in [1.82, 2.24) is 15.2 Å². The molecule has 2 fully saturated rings. The molecule has 132 valence electrons. The summed E-state index contributed by atoms with van der Waals surface area (Å²) in [6.45, 7) is 3.03. The highest BCUT2D eigenvalue weighted by Gasteiger charge is 2.24. The number of aromatic nitrogens is 1. The van der Waals surface area contributed by atoms with Gasteiger partial charge < -0.3 is 10.6 Å². The molecule has 1 amide bonds. The molecule has 0 atom stereocenters. The molecular weight excluding hydrogens is 332 g/mol. The Balaban J connectivity index is 1.23. The molecule has 1 saturated carbocycles. The van der Waals surface area contributed by atoms with E-state index in [1.54, 1.807) is 0 Å². The van der Waals surface area contributed by atoms with Crippen LogP contribution in [0.5, 0.6) is 0 Å². The zero-order valence-corrected chi connectivity index (χ0v) is 15.1. The third kappa shape index (κ3) is 4.58. The number of nitrogens with zero attached hydrogens (tertiary/aromatic N) is 2. The third-order valence-corrected chi connectivity index (χ3v) is 5.59. The van der Waals surface area contributed by atoms with Crippen LogP contribution < -0.4 is 10.6 Å². The number of anilines is 1. The second kappa shape index (κ2) is 7.54. The van der Waals surface area contributed by atoms with Crippen molar-refractivity contribution in [2.45, 2.75) is 44.3 Å². The fraction of sp³-hybridized carbons (Fsp3) is 0.474. The largest absolute Gasteiger partial charge is 0.359 e. The van der Waals surface area contributed by atoms with Crippen molar-refractivity contribution < 1.29 is 4.79 Å². The first kappa shape index (κ1) is 16.5. The standard InChI is InChI=1S/C19H24N4OS/c24-18(17-13-25-19(22-17)21-15-6-7-15)20-16-8-10-23(11-9-16)12-14-4-2-1-3-5-14/h1-5,13,15-16H,6-12H2,(H,20,24)(H,21,22). The average molecular weight is 356 g/mol. The molecule has 1 aromatic carbocycles. The number of thiazole rings is 1. The molecule has 1 aromatic heterocycles. The Morgan fingerprint density at radius 1 is 1.12 bits per heavy atom. The quantitative estimate of drug-likeness (QED) is 0.835. The minimum absolute atomic E-state index is 0.0402. The van der Waals surface area contributed by atoms with Gasteiger partial charge in [-0.25, -0.2) is 4.98 Å². The van der Waals surface area contributed by atoms with E-state index in [0.29, 0.717) is 11.7 Å². The number of rotatable bonds is 6. The number of amides is 1. The van der Waals surface area contributed by atoms with Crippen molar-refractivity contribution >= 4 is 22.4 Å². The Kier molecular flexibility index (Phi) is 4.99. The van der Waals surface area contributed by atoms with Crippen LogP contribution in [0.2, 0.25) is 0 Å². The molecule has 2 aliphatic rings. The lowest BCUT2D eigenvalue weighted by Gasteiger charge is -2.32. The minimum atomic E-state index is -0.0402. The van der Waals surface area contributed by atoms with Crippen molar-refractivity contribution in [1.29, 1.82) is 0 Å². The molecular formula is C19H24N4OS. The first-order valence-electron chi connectivity index (χ1n) is 9.05. The lowest BCUT2D eigenvalue weighted by Crippen LogP contribution is -2.44. The third-order valence-electron chi connectivity index (χ3n) is 4.81. The normalized spacial score (nSPS) is 18.9. The molecule has 1 aliphatic heterocycles. The maximum atomic E-state index is 12.4. The van der Waals surface area contributed by atoms with Gasteiger partial charge in [0, 0.05) is 37.1 Å². The average Bonchev–Trinajstić information content (AvgIpc) is 3.32. The Morgan fingerprint density at radius 2 is 1.88 bits per heavy atom. The van der Waals surface area contributed by atoms with Crippen molar-refractivity contribution in [2.24, 2.45) is 0 Å². The van der Waals surface area contributed by atoms with Crippen LogP contribution in [0.25, 0.3) is 0 Å². The van der Waals surface area contributed by atoms with Gasteiger partial charge in [-0.2, -0.15) is 0 Å². The summed E-state index contributed by atoms with van der Waals surface area (Å²) in [5.41, 5.74) is 1.89. The lowest BCUT2D eigenvalue weighted by molar-refractivity contribution is 0.0904. The Morgan fingerprint density at radius 3 is 2.60 bits per heavy atom. The van der Waals surface area contributed by atoms with E-state index in [9.17, 15) is 4.79 Å². The molecule has 4 rings (SSSR count). The van der Waals surface area contributed by atoms with Crippen molar-refractivity contribution in [3.8, 4) is 0 Å². The molecule has 6 heteroatoms. The number of hydrogen-bond donors (Lipinski definition) is 2. The highest BCUT2D eigenvalue weighted by molar-refractivity contribution is 7.13. The predicted octanol–water partition coefficient (Wildman–Crippen LogP) is 3.11. The first-order chi connectivity index (χ1) is 12.3. The van der Waals surface area contributed by atoms with Crippen LogP contribution in [0.1, 0.15) is 41.7 Å². The van der Waals surface area contributed by atoms with Gasteiger partial charge in [0.25, 0.3) is 5.91 Å². The van der Waals surface area contributed by atoms with E-state index in [1.807, 2.05) is 5.38 Å². The van der Waals surface area contributed by atoms with Crippen LogP contribution in [0.3, 0.4) is 0 Å². The number of carbonyl (C=O) groups is 1. The molecule has 25 heavy (non-hydrogen) atoms. The summed E-state index contributed by atoms with van der Waals surface area (Å²) in [6, 6.07) is 11.4. The Labute approximate surface area is 152 Å². The predicted molar refractivity (Wildman–Crippen MR) is 101 cm³/mol. The molecule has 1 saturated heterocycles. The second-order valence-electron chi connectivity index (χ2n) is 6.97. The Hall–Kier alpha value is -1.92. The zero-order chi connectivity index (χ0) is 17.1. The van der Waals surface area contributed by atoms with Gasteiger partial charge in [-0.3, -0.25) is 9.69 Å². The van der Waals surface area contributed by atoms with Gasteiger partial charge in [0.2, 0.25) is 0 Å². The summed E-state index contributed by atoms with van der Waals surface area (Å²) in [5.74, 6) is -0.0402. The van der Waals surface area contributed by atoms with Crippen LogP contribution >= 0.6 is 11.3 Å². The molecule has 0 radical (unpaired) electrons. The number of piperidine rings is 1. The Bertz CT molecular complexity index is 705. The highest BCUT2D eigenvalue weighted by atomic mass is 32.1. The molecule has 2 N–H and O–H groups in total. The van der Waals surface area contributed by atoms with E-state index in [4.69, 9.17) is 0 Å². The van der Waals surface area contributed by atoms with E-state index in [1.165, 1.54) is 29.7 Å². The lowest BCUT2D eigenvalue weighted by atomic mass is 10.0. The van der Waals surface area contributed by atoms with Gasteiger partial charge in [-0.1, -0.05) is 30.3 Å². The summed E-state index contributed by atoms with van der Waals surface area (Å²) in [7, 11) is 0.